The molecule has 1 nitrogen and oxygen atoms in total. The van der Waals surface area contributed by atoms with Gasteiger partial charge in [-0.05, 0) is 47.4 Å². The Kier molecular flexibility index (Phi) is 2.49. The highest BCUT2D eigenvalue weighted by atomic mass is 16.3. The molecule has 2 aromatic carbocycles. The number of hydrogen-bond acceptors (Lipinski definition) is 1. The fourth-order valence-electron chi connectivity index (χ4n) is 4.02. The number of hydrogen-bond donors (Lipinski definition) is 1. The lowest BCUT2D eigenvalue weighted by atomic mass is 9.84. The van der Waals surface area contributed by atoms with E-state index in [-0.39, 0.29) is 6.10 Å². The van der Waals surface area contributed by atoms with Crippen molar-refractivity contribution in [1.82, 2.24) is 0 Å². The van der Waals surface area contributed by atoms with E-state index in [2.05, 4.69) is 48.5 Å². The minimum atomic E-state index is -0.197. The largest absolute Gasteiger partial charge is 0.392 e. The van der Waals surface area contributed by atoms with E-state index in [0.29, 0.717) is 11.8 Å². The van der Waals surface area contributed by atoms with Crippen LogP contribution in [0.5, 0.6) is 0 Å². The molecule has 0 fully saturated rings. The molecule has 2 atom stereocenters. The van der Waals surface area contributed by atoms with Gasteiger partial charge >= 0.3 is 0 Å². The number of benzene rings is 2. The standard InChI is InChI=1S/C18H18O/c19-17-11-14-7-3-4-8-16(14)18(17)15-9-12-5-1-2-6-13(12)10-15/h1-8,15,17-19H,9-11H2. The van der Waals surface area contributed by atoms with E-state index in [9.17, 15) is 5.11 Å². The smallest absolute Gasteiger partial charge is 0.0652 e. The van der Waals surface area contributed by atoms with Crippen LogP contribution in [0.2, 0.25) is 0 Å². The summed E-state index contributed by atoms with van der Waals surface area (Å²) in [6, 6.07) is 17.3. The molecule has 0 amide bonds. The summed E-state index contributed by atoms with van der Waals surface area (Å²) in [7, 11) is 0. The van der Waals surface area contributed by atoms with Gasteiger partial charge in [-0.25, -0.2) is 0 Å². The van der Waals surface area contributed by atoms with E-state index in [1.807, 2.05) is 0 Å². The Balaban J connectivity index is 1.68. The van der Waals surface area contributed by atoms with E-state index in [1.54, 1.807) is 0 Å². The Morgan fingerprint density at radius 3 is 2.00 bits per heavy atom. The van der Waals surface area contributed by atoms with E-state index in [0.717, 1.165) is 19.3 Å². The van der Waals surface area contributed by atoms with Crippen molar-refractivity contribution in [3.05, 3.63) is 70.8 Å². The summed E-state index contributed by atoms with van der Waals surface area (Å²) >= 11 is 0. The van der Waals surface area contributed by atoms with Crippen molar-refractivity contribution < 1.29 is 5.11 Å². The molecule has 0 heterocycles. The normalized spacial score (nSPS) is 25.3. The van der Waals surface area contributed by atoms with Gasteiger partial charge in [-0.15, -0.1) is 0 Å². The van der Waals surface area contributed by atoms with Crippen LogP contribution in [0.25, 0.3) is 0 Å². The summed E-state index contributed by atoms with van der Waals surface area (Å²) in [6.45, 7) is 0. The first-order chi connectivity index (χ1) is 9.33. The van der Waals surface area contributed by atoms with Crippen molar-refractivity contribution >= 4 is 0 Å². The van der Waals surface area contributed by atoms with Crippen LogP contribution in [-0.4, -0.2) is 11.2 Å². The van der Waals surface area contributed by atoms with Gasteiger partial charge in [0.1, 0.15) is 0 Å². The van der Waals surface area contributed by atoms with Crippen LogP contribution < -0.4 is 0 Å². The van der Waals surface area contributed by atoms with Crippen molar-refractivity contribution in [3.8, 4) is 0 Å². The molecule has 0 spiro atoms. The fourth-order valence-corrected chi connectivity index (χ4v) is 4.02. The van der Waals surface area contributed by atoms with Gasteiger partial charge in [0.25, 0.3) is 0 Å². The minimum Gasteiger partial charge on any atom is -0.392 e. The lowest BCUT2D eigenvalue weighted by Crippen LogP contribution is -2.22. The summed E-state index contributed by atoms with van der Waals surface area (Å²) in [5, 5.41) is 10.4. The van der Waals surface area contributed by atoms with Crippen LogP contribution in [0, 0.1) is 5.92 Å². The molecular formula is C18H18O. The second kappa shape index (κ2) is 4.21. The molecule has 2 aromatic rings. The zero-order valence-electron chi connectivity index (χ0n) is 10.9. The van der Waals surface area contributed by atoms with Gasteiger partial charge < -0.3 is 5.11 Å². The first kappa shape index (κ1) is 11.2. The van der Waals surface area contributed by atoms with Gasteiger partial charge in [0.15, 0.2) is 0 Å². The first-order valence-corrected chi connectivity index (χ1v) is 7.15. The third-order valence-corrected chi connectivity index (χ3v) is 4.85. The molecule has 0 aromatic heterocycles. The van der Waals surface area contributed by atoms with Crippen molar-refractivity contribution in [2.75, 3.05) is 0 Å². The second-order valence-corrected chi connectivity index (χ2v) is 5.93. The highest BCUT2D eigenvalue weighted by Gasteiger charge is 2.38. The lowest BCUT2D eigenvalue weighted by molar-refractivity contribution is 0.130. The molecule has 2 aliphatic rings. The first-order valence-electron chi connectivity index (χ1n) is 7.15. The van der Waals surface area contributed by atoms with E-state index in [4.69, 9.17) is 0 Å². The maximum absolute atomic E-state index is 10.4. The van der Waals surface area contributed by atoms with Crippen LogP contribution in [-0.2, 0) is 19.3 Å². The summed E-state index contributed by atoms with van der Waals surface area (Å²) in [5.74, 6) is 0.889. The SMILES string of the molecule is OC1Cc2ccccc2C1C1Cc2ccccc2C1. The van der Waals surface area contributed by atoms with E-state index in [1.165, 1.54) is 22.3 Å². The average Bonchev–Trinajstić information content (AvgIpc) is 2.97. The molecule has 0 saturated heterocycles. The predicted molar refractivity (Wildman–Crippen MR) is 76.2 cm³/mol. The molecule has 1 N–H and O–H groups in total. The van der Waals surface area contributed by atoms with Crippen molar-refractivity contribution in [1.29, 1.82) is 0 Å². The Morgan fingerprint density at radius 1 is 0.737 bits per heavy atom. The number of rotatable bonds is 1. The Morgan fingerprint density at radius 2 is 1.32 bits per heavy atom. The number of aliphatic hydroxyl groups excluding tert-OH is 1. The molecule has 96 valence electrons. The molecule has 0 saturated carbocycles. The Hall–Kier alpha value is -1.60. The van der Waals surface area contributed by atoms with Crippen molar-refractivity contribution in [3.63, 3.8) is 0 Å². The van der Waals surface area contributed by atoms with Gasteiger partial charge in [-0.2, -0.15) is 0 Å². The van der Waals surface area contributed by atoms with Crippen LogP contribution in [0.3, 0.4) is 0 Å². The quantitative estimate of drug-likeness (QED) is 0.824. The van der Waals surface area contributed by atoms with E-state index < -0.39 is 0 Å². The number of fused-ring (bicyclic) bond motifs is 2. The molecule has 0 bridgehead atoms. The predicted octanol–water partition coefficient (Wildman–Crippen LogP) is 3.10. The second-order valence-electron chi connectivity index (χ2n) is 5.93. The van der Waals surface area contributed by atoms with Gasteiger partial charge in [0, 0.05) is 5.92 Å². The summed E-state index contributed by atoms with van der Waals surface area (Å²) < 4.78 is 0. The molecule has 19 heavy (non-hydrogen) atoms. The topological polar surface area (TPSA) is 20.2 Å². The van der Waals surface area contributed by atoms with Gasteiger partial charge in [0.05, 0.1) is 6.10 Å². The van der Waals surface area contributed by atoms with Crippen LogP contribution in [0.4, 0.5) is 0 Å². The highest BCUT2D eigenvalue weighted by molar-refractivity contribution is 5.40. The van der Waals surface area contributed by atoms with Crippen LogP contribution in [0.1, 0.15) is 28.2 Å². The van der Waals surface area contributed by atoms with Gasteiger partial charge in [-0.1, -0.05) is 48.5 Å². The van der Waals surface area contributed by atoms with Crippen molar-refractivity contribution in [2.45, 2.75) is 31.3 Å². The lowest BCUT2D eigenvalue weighted by Gasteiger charge is -2.23. The molecule has 2 aliphatic carbocycles. The fraction of sp³-hybridized carbons (Fsp3) is 0.333. The van der Waals surface area contributed by atoms with Gasteiger partial charge in [-0.3, -0.25) is 0 Å². The average molecular weight is 250 g/mol. The third-order valence-electron chi connectivity index (χ3n) is 4.85. The summed E-state index contributed by atoms with van der Waals surface area (Å²) in [4.78, 5) is 0. The molecular weight excluding hydrogens is 232 g/mol. The van der Waals surface area contributed by atoms with Crippen LogP contribution >= 0.6 is 0 Å². The Labute approximate surface area is 113 Å². The summed E-state index contributed by atoms with van der Waals surface area (Å²) in [6.07, 6.45) is 2.86. The molecule has 2 unspecified atom stereocenters. The molecule has 1 heteroatoms. The Bertz CT molecular complexity index is 592. The highest BCUT2D eigenvalue weighted by Crippen LogP contribution is 2.44. The molecule has 0 aliphatic heterocycles. The maximum atomic E-state index is 10.4. The monoisotopic (exact) mass is 250 g/mol. The minimum absolute atomic E-state index is 0.197. The number of aliphatic hydroxyl groups is 1. The van der Waals surface area contributed by atoms with Crippen LogP contribution in [0.15, 0.2) is 48.5 Å². The third kappa shape index (κ3) is 1.73. The maximum Gasteiger partial charge on any atom is 0.0652 e. The summed E-state index contributed by atoms with van der Waals surface area (Å²) in [5.41, 5.74) is 5.68. The van der Waals surface area contributed by atoms with Crippen molar-refractivity contribution in [2.24, 2.45) is 5.92 Å². The zero-order chi connectivity index (χ0) is 12.8. The molecule has 4 rings (SSSR count). The van der Waals surface area contributed by atoms with E-state index >= 15 is 0 Å². The van der Waals surface area contributed by atoms with Gasteiger partial charge in [0.2, 0.25) is 0 Å². The zero-order valence-corrected chi connectivity index (χ0v) is 10.9. The molecule has 0 radical (unpaired) electrons.